The topological polar surface area (TPSA) is 108 Å². The molecule has 0 aliphatic heterocycles. The van der Waals surface area contributed by atoms with Crippen LogP contribution >= 0.6 is 7.82 Å². The lowest BCUT2D eigenvalue weighted by Gasteiger charge is -2.30. The van der Waals surface area contributed by atoms with Crippen LogP contribution in [0.5, 0.6) is 0 Å². The van der Waals surface area contributed by atoms with Gasteiger partial charge in [-0.3, -0.25) is 9.36 Å². The molecule has 0 aromatic rings. The van der Waals surface area contributed by atoms with Crippen LogP contribution in [0.2, 0.25) is 0 Å². The molecule has 0 heterocycles. The molecule has 9 heteroatoms. The van der Waals surface area contributed by atoms with Crippen LogP contribution in [0.4, 0.5) is 0 Å². The molecule has 1 amide bonds. The zero-order valence-electron chi connectivity index (χ0n) is 43.3. The fraction of sp³-hybridized carbons (Fsp3) is 0.909. The van der Waals surface area contributed by atoms with Gasteiger partial charge in [-0.1, -0.05) is 244 Å². The second kappa shape index (κ2) is 47.1. The molecule has 0 saturated heterocycles. The van der Waals surface area contributed by atoms with Crippen LogP contribution in [0.1, 0.15) is 271 Å². The van der Waals surface area contributed by atoms with Gasteiger partial charge in [0.25, 0.3) is 7.82 Å². The maximum Gasteiger partial charge on any atom is 0.268 e. The first kappa shape index (κ1) is 63.0. The fourth-order valence-electron chi connectivity index (χ4n) is 8.31. The van der Waals surface area contributed by atoms with Gasteiger partial charge in [0.05, 0.1) is 39.9 Å². The van der Waals surface area contributed by atoms with E-state index in [0.717, 1.165) is 51.4 Å². The maximum atomic E-state index is 13.0. The number of hydrogen-bond donors (Lipinski definition) is 2. The average molecular weight is 925 g/mol. The van der Waals surface area contributed by atoms with Crippen LogP contribution in [0, 0.1) is 0 Å². The summed E-state index contributed by atoms with van der Waals surface area (Å²) in [4.78, 5) is 25.5. The molecule has 0 fully saturated rings. The van der Waals surface area contributed by atoms with Gasteiger partial charge in [-0.15, -0.1) is 0 Å². The number of quaternary nitrogens is 1. The summed E-state index contributed by atoms with van der Waals surface area (Å²) in [6.45, 7) is 4.73. The first-order valence-electron chi connectivity index (χ1n) is 27.7. The molecule has 8 nitrogen and oxygen atoms in total. The molecule has 0 aromatic heterocycles. The Morgan fingerprint density at radius 1 is 0.547 bits per heavy atom. The molecule has 0 saturated carbocycles. The van der Waals surface area contributed by atoms with Crippen LogP contribution in [0.3, 0.4) is 0 Å². The third kappa shape index (κ3) is 48.9. The Kier molecular flexibility index (Phi) is 46.3. The molecule has 0 rings (SSSR count). The van der Waals surface area contributed by atoms with Crippen molar-refractivity contribution in [1.82, 2.24) is 5.32 Å². The smallest absolute Gasteiger partial charge is 0.268 e. The van der Waals surface area contributed by atoms with Gasteiger partial charge in [0, 0.05) is 6.42 Å². The monoisotopic (exact) mass is 925 g/mol. The number of phosphoric ester groups is 1. The summed E-state index contributed by atoms with van der Waals surface area (Å²) >= 11 is 0. The minimum Gasteiger partial charge on any atom is -0.756 e. The van der Waals surface area contributed by atoms with Crippen molar-refractivity contribution >= 4 is 13.7 Å². The third-order valence-electron chi connectivity index (χ3n) is 12.7. The summed E-state index contributed by atoms with van der Waals surface area (Å²) < 4.78 is 23.4. The van der Waals surface area contributed by atoms with Crippen LogP contribution in [0.15, 0.2) is 24.3 Å². The van der Waals surface area contributed by atoms with Gasteiger partial charge in [0.15, 0.2) is 0 Å². The zero-order chi connectivity index (χ0) is 47.1. The molecule has 3 unspecified atom stereocenters. The molecular formula is C55H109N2O6P. The lowest BCUT2D eigenvalue weighted by atomic mass is 10.0. The highest BCUT2D eigenvalue weighted by atomic mass is 31.2. The van der Waals surface area contributed by atoms with Gasteiger partial charge >= 0.3 is 0 Å². The van der Waals surface area contributed by atoms with E-state index in [2.05, 4.69) is 43.5 Å². The van der Waals surface area contributed by atoms with E-state index in [1.165, 1.54) is 193 Å². The van der Waals surface area contributed by atoms with Crippen molar-refractivity contribution in [3.05, 3.63) is 24.3 Å². The first-order valence-corrected chi connectivity index (χ1v) is 29.1. The number of allylic oxidation sites excluding steroid dienone is 4. The number of nitrogens with one attached hydrogen (secondary N) is 1. The Balaban J connectivity index is 4.19. The zero-order valence-corrected chi connectivity index (χ0v) is 44.1. The first-order chi connectivity index (χ1) is 31.0. The van der Waals surface area contributed by atoms with Crippen LogP contribution in [0.25, 0.3) is 0 Å². The number of carbonyl (C=O) groups excluding carboxylic acids is 1. The number of amides is 1. The summed E-state index contributed by atoms with van der Waals surface area (Å²) in [6.07, 6.45) is 57.7. The highest BCUT2D eigenvalue weighted by molar-refractivity contribution is 7.45. The van der Waals surface area contributed by atoms with Crippen LogP contribution in [-0.2, 0) is 18.4 Å². The largest absolute Gasteiger partial charge is 0.756 e. The Morgan fingerprint density at radius 3 is 1.31 bits per heavy atom. The van der Waals surface area contributed by atoms with Crippen molar-refractivity contribution in [2.24, 2.45) is 0 Å². The molecule has 0 spiro atoms. The van der Waals surface area contributed by atoms with Gasteiger partial charge in [-0.05, 0) is 44.9 Å². The van der Waals surface area contributed by atoms with E-state index < -0.39 is 20.0 Å². The lowest BCUT2D eigenvalue weighted by Crippen LogP contribution is -2.46. The van der Waals surface area contributed by atoms with Gasteiger partial charge in [-0.2, -0.15) is 0 Å². The van der Waals surface area contributed by atoms with Crippen molar-refractivity contribution in [2.75, 3.05) is 40.9 Å². The van der Waals surface area contributed by atoms with E-state index in [4.69, 9.17) is 9.05 Å². The minimum atomic E-state index is -4.57. The average Bonchev–Trinajstić information content (AvgIpc) is 3.25. The second-order valence-electron chi connectivity index (χ2n) is 20.3. The normalized spacial score (nSPS) is 14.2. The van der Waals surface area contributed by atoms with Crippen molar-refractivity contribution in [3.8, 4) is 0 Å². The Bertz CT molecular complexity index is 1090. The number of hydrogen-bond acceptors (Lipinski definition) is 6. The number of aliphatic hydroxyl groups is 1. The lowest BCUT2D eigenvalue weighted by molar-refractivity contribution is -0.870. The molecule has 380 valence electrons. The minimum absolute atomic E-state index is 0.0115. The number of nitrogens with zero attached hydrogens (tertiary/aromatic N) is 1. The number of phosphoric acid groups is 1. The van der Waals surface area contributed by atoms with E-state index in [1.54, 1.807) is 0 Å². The molecule has 64 heavy (non-hydrogen) atoms. The number of carbonyl (C=O) groups is 1. The van der Waals surface area contributed by atoms with E-state index in [-0.39, 0.29) is 19.1 Å². The molecular weight excluding hydrogens is 816 g/mol. The number of likely N-dealkylation sites (N-methyl/N-ethyl adjacent to an activating group) is 1. The summed E-state index contributed by atoms with van der Waals surface area (Å²) in [6, 6.07) is -0.804. The van der Waals surface area contributed by atoms with Crippen molar-refractivity contribution < 1.29 is 32.9 Å². The highest BCUT2D eigenvalue weighted by Gasteiger charge is 2.24. The molecule has 0 aliphatic rings. The third-order valence-corrected chi connectivity index (χ3v) is 13.7. The predicted octanol–water partition coefficient (Wildman–Crippen LogP) is 15.8. The highest BCUT2D eigenvalue weighted by Crippen LogP contribution is 2.38. The van der Waals surface area contributed by atoms with Crippen molar-refractivity contribution in [3.63, 3.8) is 0 Å². The predicted molar refractivity (Wildman–Crippen MR) is 275 cm³/mol. The standard InChI is InChI=1S/C55H109N2O6P/c1-6-8-10-12-14-16-18-20-22-24-26-27-28-29-30-31-32-34-36-38-40-42-44-46-48-54(58)53(52-63-64(60,61)62-51-50-57(3,4)5)56-55(59)49-47-45-43-41-39-37-35-33-25-23-21-19-17-15-13-11-9-7-2/h17,19,23,25,53-54,58H,6-16,18,20-22,24,26-52H2,1-5H3,(H-,56,59,60,61)/b19-17-,25-23-. The summed E-state index contributed by atoms with van der Waals surface area (Å²) in [7, 11) is 1.31. The fourth-order valence-corrected chi connectivity index (χ4v) is 9.03. The van der Waals surface area contributed by atoms with Gasteiger partial charge in [0.2, 0.25) is 5.91 Å². The Morgan fingerprint density at radius 2 is 0.906 bits per heavy atom. The van der Waals surface area contributed by atoms with E-state index in [9.17, 15) is 19.4 Å². The van der Waals surface area contributed by atoms with Crippen molar-refractivity contribution in [1.29, 1.82) is 0 Å². The van der Waals surface area contributed by atoms with Gasteiger partial charge < -0.3 is 28.8 Å². The summed E-state index contributed by atoms with van der Waals surface area (Å²) in [5.74, 6) is -0.169. The van der Waals surface area contributed by atoms with Gasteiger partial charge in [-0.25, -0.2) is 0 Å². The second-order valence-corrected chi connectivity index (χ2v) is 21.7. The van der Waals surface area contributed by atoms with E-state index in [0.29, 0.717) is 23.9 Å². The quantitative estimate of drug-likeness (QED) is 0.0272. The summed E-state index contributed by atoms with van der Waals surface area (Å²) in [5.41, 5.74) is 0. The molecule has 0 aromatic carbocycles. The molecule has 3 atom stereocenters. The van der Waals surface area contributed by atoms with E-state index in [1.807, 2.05) is 21.1 Å². The van der Waals surface area contributed by atoms with E-state index >= 15 is 0 Å². The molecule has 0 bridgehead atoms. The number of rotatable bonds is 51. The SMILES string of the molecule is CCCCCC/C=C\C/C=C\CCCCCCCCCC(=O)NC(COP(=O)([O-])OCC[N+](C)(C)C)C(O)CCCCCCCCCCCCCCCCCCCCCCCCCC. The number of aliphatic hydroxyl groups excluding tert-OH is 1. The van der Waals surface area contributed by atoms with Gasteiger partial charge in [0.1, 0.15) is 13.2 Å². The maximum absolute atomic E-state index is 13.0. The van der Waals surface area contributed by atoms with Crippen LogP contribution < -0.4 is 10.2 Å². The van der Waals surface area contributed by atoms with Crippen LogP contribution in [-0.4, -0.2) is 68.5 Å². The Hall–Kier alpha value is -1.02. The molecule has 0 radical (unpaired) electrons. The number of unbranched alkanes of at least 4 members (excludes halogenated alkanes) is 34. The molecule has 2 N–H and O–H groups in total. The molecule has 0 aliphatic carbocycles. The summed E-state index contributed by atoms with van der Waals surface area (Å²) in [5, 5.41) is 14.0. The van der Waals surface area contributed by atoms with Crippen molar-refractivity contribution in [2.45, 2.75) is 283 Å². The Labute approximate surface area is 398 Å².